The molecule has 0 saturated carbocycles. The number of anilines is 1. The van der Waals surface area contributed by atoms with Gasteiger partial charge in [-0.25, -0.2) is 0 Å². The van der Waals surface area contributed by atoms with Crippen LogP contribution < -0.4 is 15.8 Å². The van der Waals surface area contributed by atoms with E-state index < -0.39 is 0 Å². The Kier molecular flexibility index (Phi) is 5.01. The molecule has 1 aromatic carbocycles. The maximum absolute atomic E-state index is 11.8. The van der Waals surface area contributed by atoms with Gasteiger partial charge >= 0.3 is 0 Å². The number of carbonyl (C=O) groups excluding carboxylic acids is 1. The zero-order valence-electron chi connectivity index (χ0n) is 11.3. The van der Waals surface area contributed by atoms with E-state index in [1.54, 1.807) is 23.5 Å². The van der Waals surface area contributed by atoms with Gasteiger partial charge in [0, 0.05) is 6.04 Å². The number of hydrogen-bond acceptors (Lipinski definition) is 4. The molecule has 4 nitrogen and oxygen atoms in total. The second-order valence-electron chi connectivity index (χ2n) is 4.63. The van der Waals surface area contributed by atoms with E-state index in [1.165, 1.54) is 5.56 Å². The number of ether oxygens (including phenoxy) is 1. The highest BCUT2D eigenvalue weighted by molar-refractivity contribution is 7.07. The van der Waals surface area contributed by atoms with Crippen molar-refractivity contribution in [2.24, 2.45) is 0 Å². The number of para-hydroxylation sites is 2. The van der Waals surface area contributed by atoms with Gasteiger partial charge in [0.25, 0.3) is 5.91 Å². The first-order chi connectivity index (χ1) is 9.65. The first-order valence-corrected chi connectivity index (χ1v) is 7.37. The maximum Gasteiger partial charge on any atom is 0.258 e. The Hall–Kier alpha value is -2.01. The summed E-state index contributed by atoms with van der Waals surface area (Å²) in [5.41, 5.74) is 7.51. The van der Waals surface area contributed by atoms with E-state index in [-0.39, 0.29) is 18.6 Å². The molecule has 20 heavy (non-hydrogen) atoms. The van der Waals surface area contributed by atoms with Gasteiger partial charge in [-0.1, -0.05) is 12.1 Å². The summed E-state index contributed by atoms with van der Waals surface area (Å²) in [4.78, 5) is 11.8. The van der Waals surface area contributed by atoms with E-state index in [2.05, 4.69) is 16.8 Å². The SMILES string of the molecule is CC(Cc1ccsc1)NC(=O)COc1ccccc1N. The van der Waals surface area contributed by atoms with Gasteiger partial charge in [-0.15, -0.1) is 0 Å². The molecule has 2 aromatic rings. The number of rotatable bonds is 6. The van der Waals surface area contributed by atoms with Gasteiger partial charge in [-0.2, -0.15) is 11.3 Å². The lowest BCUT2D eigenvalue weighted by Crippen LogP contribution is -2.37. The minimum atomic E-state index is -0.143. The number of nitrogen functional groups attached to an aromatic ring is 1. The molecule has 0 fully saturated rings. The van der Waals surface area contributed by atoms with Crippen molar-refractivity contribution in [2.75, 3.05) is 12.3 Å². The van der Waals surface area contributed by atoms with Crippen molar-refractivity contribution in [3.63, 3.8) is 0 Å². The fourth-order valence-electron chi connectivity index (χ4n) is 1.89. The summed E-state index contributed by atoms with van der Waals surface area (Å²) in [6, 6.07) is 9.28. The maximum atomic E-state index is 11.8. The van der Waals surface area contributed by atoms with E-state index in [1.807, 2.05) is 24.4 Å². The Morgan fingerprint density at radius 3 is 2.90 bits per heavy atom. The van der Waals surface area contributed by atoms with Gasteiger partial charge in [-0.05, 0) is 47.9 Å². The summed E-state index contributed by atoms with van der Waals surface area (Å²) < 4.78 is 5.40. The number of benzene rings is 1. The fourth-order valence-corrected chi connectivity index (χ4v) is 2.57. The Morgan fingerprint density at radius 2 is 2.20 bits per heavy atom. The Labute approximate surface area is 122 Å². The second-order valence-corrected chi connectivity index (χ2v) is 5.41. The monoisotopic (exact) mass is 290 g/mol. The topological polar surface area (TPSA) is 64.3 Å². The Morgan fingerprint density at radius 1 is 1.40 bits per heavy atom. The van der Waals surface area contributed by atoms with Gasteiger partial charge in [-0.3, -0.25) is 4.79 Å². The van der Waals surface area contributed by atoms with Crippen LogP contribution in [0.1, 0.15) is 12.5 Å². The Bertz CT molecular complexity index is 555. The van der Waals surface area contributed by atoms with Gasteiger partial charge in [0.1, 0.15) is 5.75 Å². The number of nitrogens with two attached hydrogens (primary N) is 1. The lowest BCUT2D eigenvalue weighted by molar-refractivity contribution is -0.123. The highest BCUT2D eigenvalue weighted by Crippen LogP contribution is 2.19. The van der Waals surface area contributed by atoms with Gasteiger partial charge in [0.05, 0.1) is 5.69 Å². The molecule has 0 radical (unpaired) electrons. The predicted octanol–water partition coefficient (Wildman–Crippen LogP) is 2.46. The standard InChI is InChI=1S/C15H18N2O2S/c1-11(8-12-6-7-20-10-12)17-15(18)9-19-14-5-3-2-4-13(14)16/h2-7,10-11H,8-9,16H2,1H3,(H,17,18). The normalized spacial score (nSPS) is 11.8. The highest BCUT2D eigenvalue weighted by atomic mass is 32.1. The van der Waals surface area contributed by atoms with Crippen LogP contribution >= 0.6 is 11.3 Å². The van der Waals surface area contributed by atoms with Crippen molar-refractivity contribution >= 4 is 22.9 Å². The third-order valence-corrected chi connectivity index (χ3v) is 3.54. The highest BCUT2D eigenvalue weighted by Gasteiger charge is 2.09. The number of thiophene rings is 1. The average Bonchev–Trinajstić information content (AvgIpc) is 2.90. The largest absolute Gasteiger partial charge is 0.482 e. The summed E-state index contributed by atoms with van der Waals surface area (Å²) in [6.45, 7) is 1.95. The Balaban J connectivity index is 1.76. The molecule has 0 spiro atoms. The van der Waals surface area contributed by atoms with Crippen molar-refractivity contribution in [1.29, 1.82) is 0 Å². The van der Waals surface area contributed by atoms with Crippen LogP contribution in [0.5, 0.6) is 5.75 Å². The van der Waals surface area contributed by atoms with E-state index in [4.69, 9.17) is 10.5 Å². The summed E-state index contributed by atoms with van der Waals surface area (Å²) in [5, 5.41) is 7.03. The van der Waals surface area contributed by atoms with Crippen molar-refractivity contribution in [2.45, 2.75) is 19.4 Å². The minimum Gasteiger partial charge on any atom is -0.482 e. The van der Waals surface area contributed by atoms with Crippen LogP contribution in [0.25, 0.3) is 0 Å². The number of amides is 1. The average molecular weight is 290 g/mol. The van der Waals surface area contributed by atoms with Crippen molar-refractivity contribution in [3.8, 4) is 5.75 Å². The molecule has 1 atom stereocenters. The van der Waals surface area contributed by atoms with Crippen molar-refractivity contribution in [3.05, 3.63) is 46.7 Å². The molecular formula is C15H18N2O2S. The number of carbonyl (C=O) groups is 1. The molecular weight excluding hydrogens is 272 g/mol. The summed E-state index contributed by atoms with van der Waals surface area (Å²) in [5.74, 6) is 0.393. The second kappa shape index (κ2) is 6.96. The molecule has 0 aliphatic rings. The van der Waals surface area contributed by atoms with Crippen LogP contribution in [-0.2, 0) is 11.2 Å². The molecule has 5 heteroatoms. The minimum absolute atomic E-state index is 0.0256. The predicted molar refractivity (Wildman–Crippen MR) is 82.0 cm³/mol. The molecule has 1 unspecified atom stereocenters. The third kappa shape index (κ3) is 4.28. The lowest BCUT2D eigenvalue weighted by atomic mass is 10.1. The molecule has 1 amide bonds. The summed E-state index contributed by atoms with van der Waals surface area (Å²) in [7, 11) is 0. The molecule has 1 heterocycles. The van der Waals surface area contributed by atoms with Crippen LogP contribution in [0.15, 0.2) is 41.1 Å². The molecule has 106 valence electrons. The van der Waals surface area contributed by atoms with Crippen LogP contribution in [0, 0.1) is 0 Å². The first kappa shape index (κ1) is 14.4. The number of hydrogen-bond donors (Lipinski definition) is 2. The van der Waals surface area contributed by atoms with E-state index in [0.717, 1.165) is 6.42 Å². The van der Waals surface area contributed by atoms with Gasteiger partial charge in [0.15, 0.2) is 6.61 Å². The van der Waals surface area contributed by atoms with Crippen LogP contribution in [-0.4, -0.2) is 18.6 Å². The lowest BCUT2D eigenvalue weighted by Gasteiger charge is -2.14. The van der Waals surface area contributed by atoms with E-state index >= 15 is 0 Å². The van der Waals surface area contributed by atoms with Gasteiger partial charge < -0.3 is 15.8 Å². The first-order valence-electron chi connectivity index (χ1n) is 6.43. The smallest absolute Gasteiger partial charge is 0.258 e. The summed E-state index contributed by atoms with van der Waals surface area (Å²) in [6.07, 6.45) is 0.822. The van der Waals surface area contributed by atoms with Crippen molar-refractivity contribution in [1.82, 2.24) is 5.32 Å². The molecule has 0 aliphatic carbocycles. The van der Waals surface area contributed by atoms with Crippen LogP contribution in [0.3, 0.4) is 0 Å². The van der Waals surface area contributed by atoms with Gasteiger partial charge in [0.2, 0.25) is 0 Å². The fraction of sp³-hybridized carbons (Fsp3) is 0.267. The van der Waals surface area contributed by atoms with Crippen LogP contribution in [0.2, 0.25) is 0 Å². The zero-order valence-corrected chi connectivity index (χ0v) is 12.2. The molecule has 3 N–H and O–H groups in total. The molecule has 1 aromatic heterocycles. The molecule has 0 bridgehead atoms. The van der Waals surface area contributed by atoms with E-state index in [9.17, 15) is 4.79 Å². The zero-order chi connectivity index (χ0) is 14.4. The van der Waals surface area contributed by atoms with Crippen LogP contribution in [0.4, 0.5) is 5.69 Å². The van der Waals surface area contributed by atoms with E-state index in [0.29, 0.717) is 11.4 Å². The number of nitrogens with one attached hydrogen (secondary N) is 1. The third-order valence-electron chi connectivity index (χ3n) is 2.81. The molecule has 2 rings (SSSR count). The molecule has 0 saturated heterocycles. The summed E-state index contributed by atoms with van der Waals surface area (Å²) >= 11 is 1.66. The van der Waals surface area contributed by atoms with Crippen molar-refractivity contribution < 1.29 is 9.53 Å². The molecule has 0 aliphatic heterocycles. The quantitative estimate of drug-likeness (QED) is 0.803.